The van der Waals surface area contributed by atoms with E-state index >= 15 is 0 Å². The van der Waals surface area contributed by atoms with Gasteiger partial charge in [0.1, 0.15) is 0 Å². The highest BCUT2D eigenvalue weighted by atomic mass is 19.4. The smallest absolute Gasteiger partial charge is 0.387 e. The number of aliphatic hydroxyl groups excluding tert-OH is 1. The maximum absolute atomic E-state index is 12.4. The highest BCUT2D eigenvalue weighted by Crippen LogP contribution is 2.29. The topological polar surface area (TPSA) is 41.5 Å². The Morgan fingerprint density at radius 3 is 2.43 bits per heavy atom. The molecule has 0 aromatic heterocycles. The van der Waals surface area contributed by atoms with Crippen LogP contribution in [0.3, 0.4) is 0 Å². The van der Waals surface area contributed by atoms with Gasteiger partial charge in [-0.1, -0.05) is 25.5 Å². The van der Waals surface area contributed by atoms with Crippen molar-refractivity contribution in [1.82, 2.24) is 5.32 Å². The van der Waals surface area contributed by atoms with Crippen LogP contribution < -0.4 is 5.32 Å². The lowest BCUT2D eigenvalue weighted by molar-refractivity contribution is -0.137. The number of halogens is 3. The molecule has 0 aliphatic carbocycles. The van der Waals surface area contributed by atoms with Gasteiger partial charge in [-0.15, -0.1) is 0 Å². The molecule has 3 nitrogen and oxygen atoms in total. The zero-order chi connectivity index (χ0) is 15.7. The minimum atomic E-state index is -4.35. The first-order valence-electron chi connectivity index (χ1n) is 7.09. The Balaban J connectivity index is 2.27. The van der Waals surface area contributed by atoms with E-state index in [-0.39, 0.29) is 6.54 Å². The summed E-state index contributed by atoms with van der Waals surface area (Å²) in [4.78, 5) is 0. The van der Waals surface area contributed by atoms with E-state index in [9.17, 15) is 18.3 Å². The molecular weight excluding hydrogens is 283 g/mol. The number of alkyl halides is 3. The summed E-state index contributed by atoms with van der Waals surface area (Å²) >= 11 is 0. The molecule has 1 aromatic rings. The van der Waals surface area contributed by atoms with Crippen LogP contribution in [0, 0.1) is 0 Å². The molecule has 21 heavy (non-hydrogen) atoms. The van der Waals surface area contributed by atoms with Crippen molar-refractivity contribution in [2.75, 3.05) is 26.3 Å². The predicted molar refractivity (Wildman–Crippen MR) is 75.0 cm³/mol. The van der Waals surface area contributed by atoms with Crippen LogP contribution in [-0.2, 0) is 10.9 Å². The van der Waals surface area contributed by atoms with E-state index in [1.807, 2.05) is 0 Å². The molecule has 1 aromatic carbocycles. The molecule has 1 atom stereocenters. The molecule has 6 heteroatoms. The third kappa shape index (κ3) is 6.93. The number of nitrogens with one attached hydrogen (secondary N) is 1. The Morgan fingerprint density at radius 2 is 1.86 bits per heavy atom. The summed E-state index contributed by atoms with van der Waals surface area (Å²) in [6.45, 7) is 4.24. The van der Waals surface area contributed by atoms with Crippen LogP contribution in [0.4, 0.5) is 13.2 Å². The first-order chi connectivity index (χ1) is 9.95. The largest absolute Gasteiger partial charge is 0.416 e. The fourth-order valence-electron chi connectivity index (χ4n) is 1.74. The number of hydrogen-bond acceptors (Lipinski definition) is 3. The van der Waals surface area contributed by atoms with Crippen molar-refractivity contribution in [3.63, 3.8) is 0 Å². The Labute approximate surface area is 123 Å². The molecule has 0 aliphatic rings. The summed E-state index contributed by atoms with van der Waals surface area (Å²) in [5, 5.41) is 12.9. The van der Waals surface area contributed by atoms with E-state index in [1.165, 1.54) is 12.1 Å². The Hall–Kier alpha value is -1.11. The normalized spacial score (nSPS) is 13.4. The zero-order valence-electron chi connectivity index (χ0n) is 12.1. The van der Waals surface area contributed by atoms with Crippen LogP contribution in [0.25, 0.3) is 0 Å². The third-order valence-electron chi connectivity index (χ3n) is 3.03. The van der Waals surface area contributed by atoms with Crippen LogP contribution >= 0.6 is 0 Å². The second-order valence-corrected chi connectivity index (χ2v) is 4.81. The van der Waals surface area contributed by atoms with E-state index in [4.69, 9.17) is 4.74 Å². The molecule has 0 aliphatic heterocycles. The van der Waals surface area contributed by atoms with E-state index in [0.717, 1.165) is 31.6 Å². The van der Waals surface area contributed by atoms with Gasteiger partial charge in [-0.05, 0) is 24.1 Å². The number of unbranched alkanes of at least 4 members (excludes halogenated alkanes) is 1. The Kier molecular flexibility index (Phi) is 7.71. The summed E-state index contributed by atoms with van der Waals surface area (Å²) < 4.78 is 42.6. The fourth-order valence-corrected chi connectivity index (χ4v) is 1.74. The van der Waals surface area contributed by atoms with Crippen LogP contribution in [-0.4, -0.2) is 31.4 Å². The van der Waals surface area contributed by atoms with Gasteiger partial charge in [0.15, 0.2) is 0 Å². The van der Waals surface area contributed by atoms with Crippen molar-refractivity contribution in [3.8, 4) is 0 Å². The minimum Gasteiger partial charge on any atom is -0.387 e. The first kappa shape index (κ1) is 17.9. The van der Waals surface area contributed by atoms with Crippen LogP contribution in [0.15, 0.2) is 24.3 Å². The Morgan fingerprint density at radius 1 is 1.19 bits per heavy atom. The van der Waals surface area contributed by atoms with E-state index in [0.29, 0.717) is 18.7 Å². The molecule has 1 unspecified atom stereocenters. The van der Waals surface area contributed by atoms with Gasteiger partial charge in [0.05, 0.1) is 18.3 Å². The summed E-state index contributed by atoms with van der Waals surface area (Å²) in [7, 11) is 0. The van der Waals surface area contributed by atoms with Crippen molar-refractivity contribution >= 4 is 0 Å². The molecular formula is C15H22F3NO2. The SMILES string of the molecule is CCCCOCCNCC(O)c1ccc(C(F)(F)F)cc1. The highest BCUT2D eigenvalue weighted by Gasteiger charge is 2.30. The van der Waals surface area contributed by atoms with E-state index in [2.05, 4.69) is 12.2 Å². The number of rotatable bonds is 9. The molecule has 2 N–H and O–H groups in total. The predicted octanol–water partition coefficient (Wildman–Crippen LogP) is 3.15. The van der Waals surface area contributed by atoms with Crippen molar-refractivity contribution in [2.24, 2.45) is 0 Å². The van der Waals surface area contributed by atoms with Gasteiger partial charge >= 0.3 is 6.18 Å². The van der Waals surface area contributed by atoms with Crippen LogP contribution in [0.1, 0.15) is 37.0 Å². The van der Waals surface area contributed by atoms with Gasteiger partial charge in [0.2, 0.25) is 0 Å². The number of hydrogen-bond donors (Lipinski definition) is 2. The van der Waals surface area contributed by atoms with Crippen molar-refractivity contribution < 1.29 is 23.0 Å². The molecule has 0 spiro atoms. The average molecular weight is 305 g/mol. The van der Waals surface area contributed by atoms with Gasteiger partial charge in [0.25, 0.3) is 0 Å². The lowest BCUT2D eigenvalue weighted by Gasteiger charge is -2.13. The highest BCUT2D eigenvalue weighted by molar-refractivity contribution is 5.26. The monoisotopic (exact) mass is 305 g/mol. The average Bonchev–Trinajstić information content (AvgIpc) is 2.45. The summed E-state index contributed by atoms with van der Waals surface area (Å²) in [5.74, 6) is 0. The molecule has 0 heterocycles. The van der Waals surface area contributed by atoms with E-state index < -0.39 is 17.8 Å². The Bertz CT molecular complexity index is 393. The van der Waals surface area contributed by atoms with Gasteiger partial charge in [-0.3, -0.25) is 0 Å². The van der Waals surface area contributed by atoms with Crippen LogP contribution in [0.2, 0.25) is 0 Å². The first-order valence-corrected chi connectivity index (χ1v) is 7.09. The molecule has 0 radical (unpaired) electrons. The maximum atomic E-state index is 12.4. The minimum absolute atomic E-state index is 0.280. The molecule has 0 bridgehead atoms. The van der Waals surface area contributed by atoms with Gasteiger partial charge in [-0.25, -0.2) is 0 Å². The number of benzene rings is 1. The lowest BCUT2D eigenvalue weighted by atomic mass is 10.1. The third-order valence-corrected chi connectivity index (χ3v) is 3.03. The van der Waals surface area contributed by atoms with Gasteiger partial charge in [-0.2, -0.15) is 13.2 Å². The molecule has 0 amide bonds. The number of ether oxygens (including phenoxy) is 1. The fraction of sp³-hybridized carbons (Fsp3) is 0.600. The molecule has 0 saturated heterocycles. The van der Waals surface area contributed by atoms with Crippen molar-refractivity contribution in [2.45, 2.75) is 32.0 Å². The maximum Gasteiger partial charge on any atom is 0.416 e. The van der Waals surface area contributed by atoms with Gasteiger partial charge in [0, 0.05) is 19.7 Å². The second-order valence-electron chi connectivity index (χ2n) is 4.81. The quantitative estimate of drug-likeness (QED) is 0.689. The number of aliphatic hydroxyl groups is 1. The molecule has 120 valence electrons. The molecule has 0 saturated carbocycles. The second kappa shape index (κ2) is 9.02. The molecule has 0 fully saturated rings. The van der Waals surface area contributed by atoms with Crippen LogP contribution in [0.5, 0.6) is 0 Å². The van der Waals surface area contributed by atoms with Crippen molar-refractivity contribution in [1.29, 1.82) is 0 Å². The summed E-state index contributed by atoms with van der Waals surface area (Å²) in [6.07, 6.45) is -3.07. The summed E-state index contributed by atoms with van der Waals surface area (Å²) in [6, 6.07) is 4.55. The zero-order valence-corrected chi connectivity index (χ0v) is 12.1. The standard InChI is InChI=1S/C15H22F3NO2/c1-2-3-9-21-10-8-19-11-14(20)12-4-6-13(7-5-12)15(16,17)18/h4-7,14,19-20H,2-3,8-11H2,1H3. The summed E-state index contributed by atoms with van der Waals surface area (Å²) in [5.41, 5.74) is -0.252. The molecule has 1 rings (SSSR count). The van der Waals surface area contributed by atoms with Crippen molar-refractivity contribution in [3.05, 3.63) is 35.4 Å². The lowest BCUT2D eigenvalue weighted by Crippen LogP contribution is -2.25. The van der Waals surface area contributed by atoms with Gasteiger partial charge < -0.3 is 15.2 Å². The van der Waals surface area contributed by atoms with E-state index in [1.54, 1.807) is 0 Å².